The summed E-state index contributed by atoms with van der Waals surface area (Å²) in [5.41, 5.74) is 0.919. The molecule has 12 heteroatoms. The van der Waals surface area contributed by atoms with E-state index in [1.54, 1.807) is 37.3 Å². The quantitative estimate of drug-likeness (QED) is 0.427. The average Bonchev–Trinajstić information content (AvgIpc) is 3.70. The van der Waals surface area contributed by atoms with Crippen LogP contribution in [-0.2, 0) is 28.4 Å². The molecule has 192 valence electrons. The Morgan fingerprint density at radius 2 is 1.92 bits per heavy atom. The van der Waals surface area contributed by atoms with Gasteiger partial charge in [-0.1, -0.05) is 19.1 Å². The number of nitriles is 1. The van der Waals surface area contributed by atoms with E-state index >= 15 is 0 Å². The van der Waals surface area contributed by atoms with Crippen molar-refractivity contribution in [2.24, 2.45) is 7.05 Å². The van der Waals surface area contributed by atoms with Crippen molar-refractivity contribution in [2.45, 2.75) is 37.5 Å². The Morgan fingerprint density at radius 1 is 1.22 bits per heavy atom. The molecule has 2 heterocycles. The van der Waals surface area contributed by atoms with Gasteiger partial charge in [0.1, 0.15) is 22.4 Å². The van der Waals surface area contributed by atoms with Gasteiger partial charge in [0, 0.05) is 31.6 Å². The van der Waals surface area contributed by atoms with Crippen molar-refractivity contribution in [1.29, 1.82) is 5.26 Å². The molecule has 0 bridgehead atoms. The number of fused-ring (bicyclic) bond motifs is 1. The molecule has 1 aliphatic rings. The first-order valence-corrected chi connectivity index (χ1v) is 13.0. The molecular weight excluding hydrogens is 498 g/mol. The third-order valence-corrected chi connectivity index (χ3v) is 8.45. The Hall–Kier alpha value is -4.24. The number of pyridine rings is 2. The molecule has 2 N–H and O–H groups in total. The summed E-state index contributed by atoms with van der Waals surface area (Å²) in [6.45, 7) is 1.48. The molecule has 1 aromatic carbocycles. The van der Waals surface area contributed by atoms with E-state index in [1.807, 2.05) is 6.07 Å². The summed E-state index contributed by atoms with van der Waals surface area (Å²) in [6.07, 6.45) is 2.12. The first kappa shape index (κ1) is 25.8. The summed E-state index contributed by atoms with van der Waals surface area (Å²) in [5.74, 6) is -1.12. The van der Waals surface area contributed by atoms with Crippen LogP contribution in [0.4, 0.5) is 0 Å². The Kier molecular flexibility index (Phi) is 7.00. The number of hydrogen-bond donors (Lipinski definition) is 2. The Bertz CT molecular complexity index is 1580. The molecule has 0 unspecified atom stereocenters. The van der Waals surface area contributed by atoms with Crippen molar-refractivity contribution in [2.75, 3.05) is 6.61 Å². The number of carbonyl (C=O) groups is 2. The van der Waals surface area contributed by atoms with Gasteiger partial charge in [-0.05, 0) is 42.7 Å². The largest absolute Gasteiger partial charge is 0.474 e. The molecule has 2 amide bonds. The van der Waals surface area contributed by atoms with Crippen LogP contribution >= 0.6 is 0 Å². The maximum absolute atomic E-state index is 13.0. The van der Waals surface area contributed by atoms with E-state index in [0.717, 1.165) is 5.56 Å². The van der Waals surface area contributed by atoms with Crippen molar-refractivity contribution >= 4 is 32.7 Å². The van der Waals surface area contributed by atoms with Crippen LogP contribution < -0.4 is 20.3 Å². The van der Waals surface area contributed by atoms with Gasteiger partial charge in [-0.15, -0.1) is 0 Å². The molecule has 11 nitrogen and oxygen atoms in total. The second-order valence-corrected chi connectivity index (χ2v) is 10.9. The summed E-state index contributed by atoms with van der Waals surface area (Å²) in [4.78, 5) is 41.7. The minimum Gasteiger partial charge on any atom is -0.474 e. The molecular formula is C25H25N5O6S. The Labute approximate surface area is 213 Å². The minimum atomic E-state index is -3.94. The van der Waals surface area contributed by atoms with E-state index in [2.05, 4.69) is 15.0 Å². The third-order valence-electron chi connectivity index (χ3n) is 6.29. The van der Waals surface area contributed by atoms with E-state index in [4.69, 9.17) is 10.00 Å². The lowest BCUT2D eigenvalue weighted by atomic mass is 10.1. The van der Waals surface area contributed by atoms with Gasteiger partial charge in [-0.2, -0.15) is 5.26 Å². The highest BCUT2D eigenvalue weighted by molar-refractivity contribution is 7.91. The molecule has 0 radical (unpaired) electrons. The van der Waals surface area contributed by atoms with Gasteiger partial charge in [0.05, 0.1) is 11.6 Å². The molecule has 0 atom stereocenters. The lowest BCUT2D eigenvalue weighted by Gasteiger charge is -2.18. The number of aryl methyl sites for hydroxylation is 1. The standard InChI is InChI=1S/C25H25N5O6S/c1-3-20(31)29-37(34,35)25(9-10-25)15-36-23-21-18(8-11-27-23)12-19(24(33)30(21)2)22(32)28-14-17-6-4-16(13-26)5-7-17/h4-8,11-12H,3,9-10,14-15H2,1-2H3,(H,28,32)(H,29,31). The maximum atomic E-state index is 13.0. The number of nitrogens with zero attached hydrogens (tertiary/aromatic N) is 3. The minimum absolute atomic E-state index is 0.0343. The highest BCUT2D eigenvalue weighted by Crippen LogP contribution is 2.43. The zero-order chi connectivity index (χ0) is 26.8. The SMILES string of the molecule is CCC(=O)NS(=O)(=O)C1(COc2nccc3cc(C(=O)NCc4ccc(C#N)cc4)c(=O)n(C)c23)CC1. The summed E-state index contributed by atoms with van der Waals surface area (Å²) < 4.78 is 33.2. The van der Waals surface area contributed by atoms with E-state index in [-0.39, 0.29) is 31.0 Å². The molecule has 3 aromatic rings. The fourth-order valence-corrected chi connectivity index (χ4v) is 5.32. The molecule has 4 rings (SSSR count). The van der Waals surface area contributed by atoms with Gasteiger partial charge in [0.2, 0.25) is 21.8 Å². The second kappa shape index (κ2) is 10.0. The predicted octanol–water partition coefficient (Wildman–Crippen LogP) is 1.50. The lowest BCUT2D eigenvalue weighted by Crippen LogP contribution is -2.42. The summed E-state index contributed by atoms with van der Waals surface area (Å²) in [6, 6.07) is 11.8. The number of sulfonamides is 1. The smallest absolute Gasteiger partial charge is 0.263 e. The predicted molar refractivity (Wildman–Crippen MR) is 134 cm³/mol. The maximum Gasteiger partial charge on any atom is 0.263 e. The van der Waals surface area contributed by atoms with Crippen molar-refractivity contribution in [3.63, 3.8) is 0 Å². The van der Waals surface area contributed by atoms with Crippen LogP contribution in [0.5, 0.6) is 5.88 Å². The summed E-state index contributed by atoms with van der Waals surface area (Å²) in [7, 11) is -2.47. The lowest BCUT2D eigenvalue weighted by molar-refractivity contribution is -0.119. The topological polar surface area (TPSA) is 160 Å². The first-order chi connectivity index (χ1) is 17.6. The highest BCUT2D eigenvalue weighted by atomic mass is 32.2. The molecule has 1 saturated carbocycles. The zero-order valence-corrected chi connectivity index (χ0v) is 21.1. The van der Waals surface area contributed by atoms with Crippen LogP contribution in [0.15, 0.2) is 47.4 Å². The van der Waals surface area contributed by atoms with E-state index in [0.29, 0.717) is 29.3 Å². The van der Waals surface area contributed by atoms with Crippen molar-refractivity contribution < 1.29 is 22.7 Å². The van der Waals surface area contributed by atoms with E-state index in [9.17, 15) is 22.8 Å². The van der Waals surface area contributed by atoms with E-state index < -0.39 is 32.1 Å². The zero-order valence-electron chi connectivity index (χ0n) is 20.3. The van der Waals surface area contributed by atoms with Gasteiger partial charge < -0.3 is 14.6 Å². The molecule has 37 heavy (non-hydrogen) atoms. The Morgan fingerprint density at radius 3 is 2.54 bits per heavy atom. The fourth-order valence-electron chi connectivity index (χ4n) is 3.81. The highest BCUT2D eigenvalue weighted by Gasteiger charge is 2.56. The molecule has 2 aromatic heterocycles. The van der Waals surface area contributed by atoms with Crippen LogP contribution in [0.2, 0.25) is 0 Å². The van der Waals surface area contributed by atoms with Crippen molar-refractivity contribution in [3.8, 4) is 11.9 Å². The normalized spacial score (nSPS) is 14.0. The fraction of sp³-hybridized carbons (Fsp3) is 0.320. The number of rotatable bonds is 9. The first-order valence-electron chi connectivity index (χ1n) is 11.5. The van der Waals surface area contributed by atoms with Gasteiger partial charge in [0.25, 0.3) is 11.5 Å². The van der Waals surface area contributed by atoms with Gasteiger partial charge in [0.15, 0.2) is 0 Å². The number of hydrogen-bond acceptors (Lipinski definition) is 8. The van der Waals surface area contributed by atoms with Crippen molar-refractivity contribution in [1.82, 2.24) is 19.6 Å². The van der Waals surface area contributed by atoms with Crippen LogP contribution in [-0.4, -0.2) is 41.1 Å². The van der Waals surface area contributed by atoms with Gasteiger partial charge >= 0.3 is 0 Å². The number of carbonyl (C=O) groups excluding carboxylic acids is 2. The molecule has 1 fully saturated rings. The molecule has 0 spiro atoms. The van der Waals surface area contributed by atoms with Crippen LogP contribution in [0.1, 0.15) is 47.7 Å². The number of benzene rings is 1. The number of nitrogens with one attached hydrogen (secondary N) is 2. The molecule has 0 saturated heterocycles. The number of aromatic nitrogens is 2. The summed E-state index contributed by atoms with van der Waals surface area (Å²) >= 11 is 0. The number of amides is 2. The van der Waals surface area contributed by atoms with Crippen LogP contribution in [0, 0.1) is 11.3 Å². The van der Waals surface area contributed by atoms with Gasteiger partial charge in [-0.25, -0.2) is 13.4 Å². The van der Waals surface area contributed by atoms with Crippen LogP contribution in [0.25, 0.3) is 10.9 Å². The van der Waals surface area contributed by atoms with Gasteiger partial charge in [-0.3, -0.25) is 19.1 Å². The van der Waals surface area contributed by atoms with E-state index in [1.165, 1.54) is 23.9 Å². The summed E-state index contributed by atoms with van der Waals surface area (Å²) in [5, 5.41) is 12.1. The average molecular weight is 524 g/mol. The Balaban J connectivity index is 1.55. The van der Waals surface area contributed by atoms with Crippen molar-refractivity contribution in [3.05, 3.63) is 69.6 Å². The molecule has 1 aliphatic carbocycles. The third kappa shape index (κ3) is 5.17. The molecule has 0 aliphatic heterocycles. The monoisotopic (exact) mass is 523 g/mol. The number of ether oxygens (including phenoxy) is 1. The van der Waals surface area contributed by atoms with Crippen LogP contribution in [0.3, 0.4) is 0 Å². The second-order valence-electron chi connectivity index (χ2n) is 8.82.